The first kappa shape index (κ1) is 12.3. The molecule has 1 atom stereocenters. The third-order valence-corrected chi connectivity index (χ3v) is 2.19. The van der Waals surface area contributed by atoms with Crippen molar-refractivity contribution in [3.8, 4) is 0 Å². The molecule has 0 aromatic heterocycles. The highest BCUT2D eigenvalue weighted by Gasteiger charge is 2.14. The first-order valence-corrected chi connectivity index (χ1v) is 4.93. The molecule has 1 unspecified atom stereocenters. The summed E-state index contributed by atoms with van der Waals surface area (Å²) >= 11 is 0. The SMILES string of the molecule is CC(O)N(C)C(=O)OCc1ccc(N)cc1. The Morgan fingerprint density at radius 2 is 2.06 bits per heavy atom. The smallest absolute Gasteiger partial charge is 0.411 e. The summed E-state index contributed by atoms with van der Waals surface area (Å²) in [5, 5.41) is 9.13. The molecule has 5 nitrogen and oxygen atoms in total. The average Bonchev–Trinajstić information content (AvgIpc) is 2.26. The Bertz CT molecular complexity index is 349. The van der Waals surface area contributed by atoms with Gasteiger partial charge in [-0.15, -0.1) is 0 Å². The number of amides is 1. The van der Waals surface area contributed by atoms with E-state index in [1.54, 1.807) is 24.3 Å². The van der Waals surface area contributed by atoms with E-state index in [1.165, 1.54) is 14.0 Å². The molecule has 1 aromatic rings. The van der Waals surface area contributed by atoms with E-state index in [0.717, 1.165) is 10.5 Å². The van der Waals surface area contributed by atoms with E-state index in [1.807, 2.05) is 0 Å². The number of rotatable bonds is 3. The third-order valence-electron chi connectivity index (χ3n) is 2.19. The van der Waals surface area contributed by atoms with E-state index in [0.29, 0.717) is 5.69 Å². The van der Waals surface area contributed by atoms with Gasteiger partial charge in [0.05, 0.1) is 0 Å². The summed E-state index contributed by atoms with van der Waals surface area (Å²) in [6.45, 7) is 1.65. The van der Waals surface area contributed by atoms with Gasteiger partial charge in [0, 0.05) is 12.7 Å². The second-order valence-corrected chi connectivity index (χ2v) is 3.54. The van der Waals surface area contributed by atoms with Crippen LogP contribution in [-0.4, -0.2) is 29.4 Å². The molecule has 0 bridgehead atoms. The molecule has 5 heteroatoms. The fourth-order valence-corrected chi connectivity index (χ4v) is 1.01. The fraction of sp³-hybridized carbons (Fsp3) is 0.364. The van der Waals surface area contributed by atoms with Gasteiger partial charge in [0.2, 0.25) is 0 Å². The Hall–Kier alpha value is -1.75. The number of carbonyl (C=O) groups excluding carboxylic acids is 1. The van der Waals surface area contributed by atoms with Crippen molar-refractivity contribution in [2.75, 3.05) is 12.8 Å². The van der Waals surface area contributed by atoms with Crippen LogP contribution in [0.1, 0.15) is 12.5 Å². The Morgan fingerprint density at radius 3 is 2.56 bits per heavy atom. The number of nitrogens with two attached hydrogens (primary N) is 1. The van der Waals surface area contributed by atoms with Crippen LogP contribution in [-0.2, 0) is 11.3 Å². The highest BCUT2D eigenvalue weighted by atomic mass is 16.6. The number of benzene rings is 1. The second-order valence-electron chi connectivity index (χ2n) is 3.54. The van der Waals surface area contributed by atoms with Gasteiger partial charge in [-0.25, -0.2) is 4.79 Å². The average molecular weight is 224 g/mol. The number of hydrogen-bond donors (Lipinski definition) is 2. The van der Waals surface area contributed by atoms with Gasteiger partial charge in [-0.1, -0.05) is 12.1 Å². The molecule has 16 heavy (non-hydrogen) atoms. The summed E-state index contributed by atoms with van der Waals surface area (Å²) in [4.78, 5) is 12.5. The van der Waals surface area contributed by atoms with Gasteiger partial charge in [0.15, 0.2) is 0 Å². The van der Waals surface area contributed by atoms with Crippen molar-refractivity contribution in [1.82, 2.24) is 4.90 Å². The molecule has 88 valence electrons. The van der Waals surface area contributed by atoms with E-state index in [9.17, 15) is 4.79 Å². The van der Waals surface area contributed by atoms with Gasteiger partial charge in [0.1, 0.15) is 12.8 Å². The van der Waals surface area contributed by atoms with Gasteiger partial charge in [0.25, 0.3) is 0 Å². The minimum atomic E-state index is -0.862. The van der Waals surface area contributed by atoms with Gasteiger partial charge in [-0.2, -0.15) is 0 Å². The number of anilines is 1. The van der Waals surface area contributed by atoms with Crippen LogP contribution >= 0.6 is 0 Å². The minimum absolute atomic E-state index is 0.163. The zero-order chi connectivity index (χ0) is 12.1. The lowest BCUT2D eigenvalue weighted by atomic mass is 10.2. The molecular weight excluding hydrogens is 208 g/mol. The summed E-state index contributed by atoms with van der Waals surface area (Å²) in [6.07, 6.45) is -1.43. The van der Waals surface area contributed by atoms with Crippen LogP contribution in [0.15, 0.2) is 24.3 Å². The van der Waals surface area contributed by atoms with Crippen LogP contribution in [0.4, 0.5) is 10.5 Å². The van der Waals surface area contributed by atoms with Crippen molar-refractivity contribution in [3.63, 3.8) is 0 Å². The van der Waals surface area contributed by atoms with Crippen LogP contribution < -0.4 is 5.73 Å². The van der Waals surface area contributed by atoms with Crippen molar-refractivity contribution in [3.05, 3.63) is 29.8 Å². The van der Waals surface area contributed by atoms with Crippen LogP contribution in [0.3, 0.4) is 0 Å². The molecular formula is C11H16N2O3. The van der Waals surface area contributed by atoms with Crippen molar-refractivity contribution in [2.24, 2.45) is 0 Å². The normalized spacial score (nSPS) is 11.9. The Morgan fingerprint density at radius 1 is 1.50 bits per heavy atom. The van der Waals surface area contributed by atoms with Crippen LogP contribution in [0.2, 0.25) is 0 Å². The first-order chi connectivity index (χ1) is 7.50. The molecule has 0 spiro atoms. The van der Waals surface area contributed by atoms with Crippen molar-refractivity contribution in [2.45, 2.75) is 19.8 Å². The number of ether oxygens (including phenoxy) is 1. The number of aliphatic hydroxyl groups excluding tert-OH is 1. The maximum absolute atomic E-state index is 11.3. The molecule has 0 aliphatic heterocycles. The van der Waals surface area contributed by atoms with Crippen LogP contribution in [0, 0.1) is 0 Å². The summed E-state index contributed by atoms with van der Waals surface area (Å²) < 4.78 is 4.98. The lowest BCUT2D eigenvalue weighted by Crippen LogP contribution is -2.35. The first-order valence-electron chi connectivity index (χ1n) is 4.93. The molecule has 1 rings (SSSR count). The molecule has 0 aliphatic rings. The van der Waals surface area contributed by atoms with Crippen LogP contribution in [0.5, 0.6) is 0 Å². The maximum Gasteiger partial charge on any atom is 0.411 e. The van der Waals surface area contributed by atoms with E-state index in [2.05, 4.69) is 0 Å². The van der Waals surface area contributed by atoms with E-state index >= 15 is 0 Å². The quantitative estimate of drug-likeness (QED) is 0.597. The Kier molecular flexibility index (Phi) is 4.13. The van der Waals surface area contributed by atoms with Crippen LogP contribution in [0.25, 0.3) is 0 Å². The molecule has 0 saturated carbocycles. The minimum Gasteiger partial charge on any atom is -0.444 e. The standard InChI is InChI=1S/C11H16N2O3/c1-8(14)13(2)11(15)16-7-9-3-5-10(12)6-4-9/h3-6,8,14H,7,12H2,1-2H3. The topological polar surface area (TPSA) is 75.8 Å². The zero-order valence-corrected chi connectivity index (χ0v) is 9.38. The predicted octanol–water partition coefficient (Wildman–Crippen LogP) is 1.18. The largest absolute Gasteiger partial charge is 0.444 e. The van der Waals surface area contributed by atoms with Crippen molar-refractivity contribution >= 4 is 11.8 Å². The fourth-order valence-electron chi connectivity index (χ4n) is 1.01. The van der Waals surface area contributed by atoms with Gasteiger partial charge in [-0.3, -0.25) is 4.90 Å². The predicted molar refractivity (Wildman–Crippen MR) is 60.5 cm³/mol. The third kappa shape index (κ3) is 3.43. The number of carbonyl (C=O) groups is 1. The molecule has 1 aromatic carbocycles. The molecule has 3 N–H and O–H groups in total. The molecule has 1 amide bonds. The summed E-state index contributed by atoms with van der Waals surface area (Å²) in [5.74, 6) is 0. The molecule has 0 aliphatic carbocycles. The molecule has 0 saturated heterocycles. The van der Waals surface area contributed by atoms with E-state index in [-0.39, 0.29) is 6.61 Å². The Labute approximate surface area is 94.4 Å². The summed E-state index contributed by atoms with van der Waals surface area (Å²) in [7, 11) is 1.47. The second kappa shape index (κ2) is 5.37. The van der Waals surface area contributed by atoms with Crippen molar-refractivity contribution < 1.29 is 14.6 Å². The number of nitrogens with zero attached hydrogens (tertiary/aromatic N) is 1. The highest BCUT2D eigenvalue weighted by Crippen LogP contribution is 2.07. The zero-order valence-electron chi connectivity index (χ0n) is 9.38. The van der Waals surface area contributed by atoms with E-state index in [4.69, 9.17) is 15.6 Å². The van der Waals surface area contributed by atoms with E-state index < -0.39 is 12.3 Å². The monoisotopic (exact) mass is 224 g/mol. The van der Waals surface area contributed by atoms with Gasteiger partial charge in [-0.05, 0) is 24.6 Å². The molecule has 0 radical (unpaired) electrons. The van der Waals surface area contributed by atoms with Gasteiger partial charge >= 0.3 is 6.09 Å². The highest BCUT2D eigenvalue weighted by molar-refractivity contribution is 5.67. The molecule has 0 fully saturated rings. The maximum atomic E-state index is 11.3. The summed E-state index contributed by atoms with van der Waals surface area (Å²) in [5.41, 5.74) is 7.03. The Balaban J connectivity index is 2.46. The summed E-state index contributed by atoms with van der Waals surface area (Å²) in [6, 6.07) is 7.04. The van der Waals surface area contributed by atoms with Crippen molar-refractivity contribution in [1.29, 1.82) is 0 Å². The van der Waals surface area contributed by atoms with Gasteiger partial charge < -0.3 is 15.6 Å². The number of nitrogen functional groups attached to an aromatic ring is 1. The number of aliphatic hydroxyl groups is 1. The molecule has 0 heterocycles. The lowest BCUT2D eigenvalue weighted by molar-refractivity contribution is 0.0221. The number of hydrogen-bond acceptors (Lipinski definition) is 4. The lowest BCUT2D eigenvalue weighted by Gasteiger charge is -2.19.